The molecule has 1 aromatic carbocycles. The fourth-order valence-electron chi connectivity index (χ4n) is 2.46. The predicted molar refractivity (Wildman–Crippen MR) is 77.8 cm³/mol. The maximum absolute atomic E-state index is 9.54. The number of nitrogens with one attached hydrogen (secondary N) is 1. The molecule has 1 fully saturated rings. The summed E-state index contributed by atoms with van der Waals surface area (Å²) >= 11 is 3.49. The highest BCUT2D eigenvalue weighted by Gasteiger charge is 2.19. The number of hydrogen-bond donors (Lipinski definition) is 2. The van der Waals surface area contributed by atoms with Crippen LogP contribution in [0.2, 0.25) is 0 Å². The second kappa shape index (κ2) is 7.24. The Morgan fingerprint density at radius 2 is 2.11 bits per heavy atom. The molecule has 1 atom stereocenters. The number of nitrogens with zero attached hydrogens (tertiary/aromatic N) is 1. The number of benzene rings is 1. The molecule has 1 aliphatic heterocycles. The molecule has 0 radical (unpaired) electrons. The first-order chi connectivity index (χ1) is 8.79. The highest BCUT2D eigenvalue weighted by Crippen LogP contribution is 2.15. The minimum atomic E-state index is 0.258. The van der Waals surface area contributed by atoms with Gasteiger partial charge in [0.15, 0.2) is 0 Å². The van der Waals surface area contributed by atoms with Crippen molar-refractivity contribution in [1.82, 2.24) is 10.2 Å². The summed E-state index contributed by atoms with van der Waals surface area (Å²) in [6.07, 6.45) is 2.04. The third-order valence-electron chi connectivity index (χ3n) is 3.53. The number of piperazine rings is 1. The third kappa shape index (κ3) is 4.05. The Labute approximate surface area is 117 Å². The lowest BCUT2D eigenvalue weighted by atomic mass is 10.0. The molecule has 0 bridgehead atoms. The van der Waals surface area contributed by atoms with E-state index >= 15 is 0 Å². The molecule has 1 heterocycles. The second-order valence-electron chi connectivity index (χ2n) is 4.79. The Balaban J connectivity index is 1.86. The van der Waals surface area contributed by atoms with Gasteiger partial charge in [0.25, 0.3) is 0 Å². The van der Waals surface area contributed by atoms with Crippen molar-refractivity contribution in [3.05, 3.63) is 34.3 Å². The largest absolute Gasteiger partial charge is 0.395 e. The van der Waals surface area contributed by atoms with Gasteiger partial charge in [-0.05, 0) is 30.5 Å². The van der Waals surface area contributed by atoms with Crippen LogP contribution in [0.1, 0.15) is 12.0 Å². The molecule has 2 rings (SSSR count). The van der Waals surface area contributed by atoms with Gasteiger partial charge >= 0.3 is 0 Å². The molecule has 18 heavy (non-hydrogen) atoms. The number of aliphatic hydroxyl groups is 1. The Hall–Kier alpha value is -0.420. The van der Waals surface area contributed by atoms with Gasteiger partial charge in [0.2, 0.25) is 0 Å². The minimum Gasteiger partial charge on any atom is -0.395 e. The average Bonchev–Trinajstić information content (AvgIpc) is 2.41. The Kier molecular flexibility index (Phi) is 5.63. The van der Waals surface area contributed by atoms with E-state index in [1.165, 1.54) is 5.56 Å². The number of aliphatic hydroxyl groups excluding tert-OH is 1. The predicted octanol–water partition coefficient (Wildman–Crippen LogP) is 1.65. The molecule has 2 N–H and O–H groups in total. The lowest BCUT2D eigenvalue weighted by Crippen LogP contribution is -2.49. The summed E-state index contributed by atoms with van der Waals surface area (Å²) in [6.45, 7) is 4.42. The van der Waals surface area contributed by atoms with E-state index in [4.69, 9.17) is 0 Å². The summed E-state index contributed by atoms with van der Waals surface area (Å²) in [5.74, 6) is 0. The van der Waals surface area contributed by atoms with Gasteiger partial charge in [-0.1, -0.05) is 28.1 Å². The zero-order valence-corrected chi connectivity index (χ0v) is 12.2. The molecule has 4 heteroatoms. The van der Waals surface area contributed by atoms with Gasteiger partial charge < -0.3 is 10.4 Å². The van der Waals surface area contributed by atoms with Crippen LogP contribution in [0.3, 0.4) is 0 Å². The van der Waals surface area contributed by atoms with E-state index in [-0.39, 0.29) is 6.61 Å². The second-order valence-corrected chi connectivity index (χ2v) is 5.71. The standard InChI is InChI=1S/C14H21BrN2O/c15-13-3-1-2-12(10-13)4-5-14(11-18)17-8-6-16-7-9-17/h1-3,10,14,16,18H,4-9,11H2. The normalized spacial score (nSPS) is 18.8. The summed E-state index contributed by atoms with van der Waals surface area (Å²) in [4.78, 5) is 2.40. The van der Waals surface area contributed by atoms with Crippen molar-refractivity contribution in [2.24, 2.45) is 0 Å². The van der Waals surface area contributed by atoms with Crippen molar-refractivity contribution in [3.8, 4) is 0 Å². The van der Waals surface area contributed by atoms with Crippen LogP contribution in [0.4, 0.5) is 0 Å². The van der Waals surface area contributed by atoms with E-state index in [0.29, 0.717) is 6.04 Å². The maximum Gasteiger partial charge on any atom is 0.0587 e. The van der Waals surface area contributed by atoms with Crippen LogP contribution in [-0.2, 0) is 6.42 Å². The fraction of sp³-hybridized carbons (Fsp3) is 0.571. The zero-order valence-electron chi connectivity index (χ0n) is 10.6. The molecular formula is C14H21BrN2O. The van der Waals surface area contributed by atoms with Crippen LogP contribution >= 0.6 is 15.9 Å². The number of rotatable bonds is 5. The molecule has 0 saturated carbocycles. The molecule has 3 nitrogen and oxygen atoms in total. The first-order valence-corrected chi connectivity index (χ1v) is 7.39. The molecule has 1 aliphatic rings. The van der Waals surface area contributed by atoms with Gasteiger partial charge in [0.1, 0.15) is 0 Å². The molecule has 0 spiro atoms. The Morgan fingerprint density at radius 3 is 2.78 bits per heavy atom. The van der Waals surface area contributed by atoms with Crippen molar-refractivity contribution >= 4 is 15.9 Å². The van der Waals surface area contributed by atoms with Gasteiger partial charge in [-0.2, -0.15) is 0 Å². The van der Waals surface area contributed by atoms with Crippen molar-refractivity contribution in [1.29, 1.82) is 0 Å². The van der Waals surface area contributed by atoms with Gasteiger partial charge in [-0.3, -0.25) is 4.90 Å². The third-order valence-corrected chi connectivity index (χ3v) is 4.03. The molecular weight excluding hydrogens is 292 g/mol. The van der Waals surface area contributed by atoms with E-state index in [2.05, 4.69) is 44.3 Å². The Bertz CT molecular complexity index is 367. The molecule has 0 amide bonds. The van der Waals surface area contributed by atoms with Crippen molar-refractivity contribution in [2.75, 3.05) is 32.8 Å². The van der Waals surface area contributed by atoms with Crippen LogP contribution < -0.4 is 5.32 Å². The number of halogens is 1. The van der Waals surface area contributed by atoms with E-state index in [9.17, 15) is 5.11 Å². The smallest absolute Gasteiger partial charge is 0.0587 e. The Morgan fingerprint density at radius 1 is 1.33 bits per heavy atom. The van der Waals surface area contributed by atoms with Crippen molar-refractivity contribution in [2.45, 2.75) is 18.9 Å². The van der Waals surface area contributed by atoms with Gasteiger partial charge in [-0.25, -0.2) is 0 Å². The zero-order chi connectivity index (χ0) is 12.8. The fourth-order valence-corrected chi connectivity index (χ4v) is 2.91. The highest BCUT2D eigenvalue weighted by atomic mass is 79.9. The van der Waals surface area contributed by atoms with Gasteiger partial charge in [0, 0.05) is 36.7 Å². The SMILES string of the molecule is OCC(CCc1cccc(Br)c1)N1CCNCC1. The molecule has 1 aromatic rings. The summed E-state index contributed by atoms with van der Waals surface area (Å²) in [5.41, 5.74) is 1.33. The minimum absolute atomic E-state index is 0.258. The number of aryl methyl sites for hydroxylation is 1. The summed E-state index contributed by atoms with van der Waals surface area (Å²) in [7, 11) is 0. The van der Waals surface area contributed by atoms with Crippen LogP contribution in [0.5, 0.6) is 0 Å². The molecule has 100 valence electrons. The first kappa shape index (κ1) is 14.0. The van der Waals surface area contributed by atoms with E-state index < -0.39 is 0 Å². The lowest BCUT2D eigenvalue weighted by Gasteiger charge is -2.34. The monoisotopic (exact) mass is 312 g/mol. The summed E-state index contributed by atoms with van der Waals surface area (Å²) < 4.78 is 1.13. The highest BCUT2D eigenvalue weighted by molar-refractivity contribution is 9.10. The maximum atomic E-state index is 9.54. The van der Waals surface area contributed by atoms with E-state index in [1.54, 1.807) is 0 Å². The van der Waals surface area contributed by atoms with Crippen molar-refractivity contribution < 1.29 is 5.11 Å². The van der Waals surface area contributed by atoms with E-state index in [0.717, 1.165) is 43.5 Å². The van der Waals surface area contributed by atoms with Crippen LogP contribution in [0.25, 0.3) is 0 Å². The van der Waals surface area contributed by atoms with Crippen LogP contribution in [-0.4, -0.2) is 48.8 Å². The molecule has 0 aromatic heterocycles. The average molecular weight is 313 g/mol. The van der Waals surface area contributed by atoms with Gasteiger partial charge in [-0.15, -0.1) is 0 Å². The van der Waals surface area contributed by atoms with Crippen molar-refractivity contribution in [3.63, 3.8) is 0 Å². The molecule has 1 saturated heterocycles. The van der Waals surface area contributed by atoms with Crippen LogP contribution in [0.15, 0.2) is 28.7 Å². The summed E-state index contributed by atoms with van der Waals surface area (Å²) in [6, 6.07) is 8.72. The molecule has 0 aliphatic carbocycles. The number of hydrogen-bond acceptors (Lipinski definition) is 3. The van der Waals surface area contributed by atoms with Crippen LogP contribution in [0, 0.1) is 0 Å². The summed E-state index contributed by atoms with van der Waals surface area (Å²) in [5, 5.41) is 12.9. The van der Waals surface area contributed by atoms with Gasteiger partial charge in [0.05, 0.1) is 6.61 Å². The van der Waals surface area contributed by atoms with E-state index in [1.807, 2.05) is 6.07 Å². The molecule has 1 unspecified atom stereocenters. The first-order valence-electron chi connectivity index (χ1n) is 6.59. The lowest BCUT2D eigenvalue weighted by molar-refractivity contribution is 0.104. The topological polar surface area (TPSA) is 35.5 Å². The quantitative estimate of drug-likeness (QED) is 0.868.